The van der Waals surface area contributed by atoms with Gasteiger partial charge in [-0.1, -0.05) is 43.7 Å². The molecule has 4 aromatic rings. The number of nitrogens with one attached hydrogen (secondary N) is 1. The van der Waals surface area contributed by atoms with Gasteiger partial charge in [0.25, 0.3) is 5.24 Å². The van der Waals surface area contributed by atoms with Gasteiger partial charge in [0, 0.05) is 16.5 Å². The molecular weight excluding hydrogens is 529 g/mol. The Morgan fingerprint density at radius 1 is 0.950 bits per heavy atom. The third-order valence-corrected chi connectivity index (χ3v) is 7.93. The van der Waals surface area contributed by atoms with Crippen molar-refractivity contribution >= 4 is 33.9 Å². The number of aryl methyl sites for hydroxylation is 3. The molecule has 0 saturated carbocycles. The minimum Gasteiger partial charge on any atom is -0.494 e. The highest BCUT2D eigenvalue weighted by atomic mass is 32.2. The van der Waals surface area contributed by atoms with Crippen molar-refractivity contribution in [3.05, 3.63) is 95.0 Å². The summed E-state index contributed by atoms with van der Waals surface area (Å²) in [4.78, 5) is 23.4. The Kier molecular flexibility index (Phi) is 9.06. The molecule has 1 aliphatic heterocycles. The lowest BCUT2D eigenvalue weighted by Crippen LogP contribution is -2.21. The number of amides is 2. The van der Waals surface area contributed by atoms with Crippen molar-refractivity contribution < 1.29 is 27.9 Å². The summed E-state index contributed by atoms with van der Waals surface area (Å²) in [5.41, 5.74) is 4.69. The van der Waals surface area contributed by atoms with Crippen molar-refractivity contribution in [1.82, 2.24) is 5.32 Å². The van der Waals surface area contributed by atoms with Gasteiger partial charge in [-0.05, 0) is 85.3 Å². The van der Waals surface area contributed by atoms with Gasteiger partial charge in [0.05, 0.1) is 19.5 Å². The van der Waals surface area contributed by atoms with Gasteiger partial charge in [0.1, 0.15) is 28.1 Å². The Morgan fingerprint density at radius 2 is 1.75 bits per heavy atom. The molecule has 0 bridgehead atoms. The molecule has 0 aliphatic carbocycles. The van der Waals surface area contributed by atoms with Gasteiger partial charge in [-0.15, -0.1) is 0 Å². The van der Waals surface area contributed by atoms with Gasteiger partial charge < -0.3 is 13.9 Å². The molecule has 1 aromatic heterocycles. The van der Waals surface area contributed by atoms with E-state index in [1.165, 1.54) is 29.3 Å². The zero-order valence-electron chi connectivity index (χ0n) is 22.4. The first-order valence-electron chi connectivity index (χ1n) is 13.7. The van der Waals surface area contributed by atoms with Crippen molar-refractivity contribution in [2.75, 3.05) is 13.2 Å². The van der Waals surface area contributed by atoms with Crippen LogP contribution in [0.5, 0.6) is 11.5 Å². The molecule has 3 aromatic carbocycles. The molecule has 1 atom stereocenters. The second-order valence-corrected chi connectivity index (χ2v) is 10.9. The Bertz CT molecular complexity index is 1490. The minimum atomic E-state index is -0.895. The molecule has 2 amide bonds. The zero-order chi connectivity index (χ0) is 27.9. The average molecular weight is 562 g/mol. The van der Waals surface area contributed by atoms with Crippen molar-refractivity contribution in [2.45, 2.75) is 50.7 Å². The van der Waals surface area contributed by atoms with Gasteiger partial charge in [0.15, 0.2) is 0 Å². The lowest BCUT2D eigenvalue weighted by Gasteiger charge is -2.13. The number of hydrogen-bond acceptors (Lipinski definition) is 6. The number of furan rings is 1. The SMILES string of the molecule is CCCc1c(OCCCCOc2ccc(F)c(C3SC(=O)NC3=O)c2)ccc2c(CCc3ccccc3)coc12. The predicted octanol–water partition coefficient (Wildman–Crippen LogP) is 7.57. The monoisotopic (exact) mass is 561 g/mol. The molecule has 208 valence electrons. The second-order valence-electron chi connectivity index (χ2n) is 9.78. The number of thioether (sulfide) groups is 1. The summed E-state index contributed by atoms with van der Waals surface area (Å²) in [5, 5.41) is 1.96. The molecule has 0 spiro atoms. The number of unbranched alkanes of at least 4 members (excludes halogenated alkanes) is 1. The largest absolute Gasteiger partial charge is 0.494 e. The molecule has 6 nitrogen and oxygen atoms in total. The van der Waals surface area contributed by atoms with Crippen molar-refractivity contribution in [2.24, 2.45) is 0 Å². The molecule has 1 unspecified atom stereocenters. The first kappa shape index (κ1) is 27.8. The molecule has 2 heterocycles. The standard InChI is InChI=1S/C32H32FNO5S/c1-2-8-25-28(16-14-24-22(20-39-29(24)25)12-11-21-9-4-3-5-10-21)38-18-7-6-17-37-23-13-15-27(33)26(19-23)30-31(35)34-32(36)40-30/h3-5,9-10,13-16,19-20,30H,2,6-8,11-12,17-18H2,1H3,(H,34,35,36). The fourth-order valence-corrected chi connectivity index (χ4v) is 5.73. The van der Waals surface area contributed by atoms with E-state index >= 15 is 0 Å². The van der Waals surface area contributed by atoms with Gasteiger partial charge in [-0.3, -0.25) is 14.9 Å². The summed E-state index contributed by atoms with van der Waals surface area (Å²) >= 11 is 0.772. The van der Waals surface area contributed by atoms with Crippen LogP contribution in [0.4, 0.5) is 9.18 Å². The number of carbonyl (C=O) groups is 2. The van der Waals surface area contributed by atoms with Crippen LogP contribution >= 0.6 is 11.8 Å². The average Bonchev–Trinajstić information content (AvgIpc) is 3.53. The van der Waals surface area contributed by atoms with E-state index in [0.29, 0.717) is 19.0 Å². The van der Waals surface area contributed by atoms with E-state index < -0.39 is 22.2 Å². The predicted molar refractivity (Wildman–Crippen MR) is 155 cm³/mol. The first-order valence-corrected chi connectivity index (χ1v) is 14.5. The van der Waals surface area contributed by atoms with E-state index in [4.69, 9.17) is 13.9 Å². The van der Waals surface area contributed by atoms with E-state index in [1.807, 2.05) is 18.4 Å². The van der Waals surface area contributed by atoms with Gasteiger partial charge in [-0.25, -0.2) is 4.39 Å². The number of ether oxygens (including phenoxy) is 2. The molecule has 1 aliphatic rings. The molecule has 1 N–H and O–H groups in total. The fraction of sp³-hybridized carbons (Fsp3) is 0.312. The van der Waals surface area contributed by atoms with Gasteiger partial charge in [-0.2, -0.15) is 0 Å². The topological polar surface area (TPSA) is 77.8 Å². The third kappa shape index (κ3) is 6.50. The quantitative estimate of drug-likeness (QED) is 0.170. The number of hydrogen-bond donors (Lipinski definition) is 1. The Morgan fingerprint density at radius 3 is 2.50 bits per heavy atom. The minimum absolute atomic E-state index is 0.147. The smallest absolute Gasteiger partial charge is 0.286 e. The summed E-state index contributed by atoms with van der Waals surface area (Å²) in [7, 11) is 0. The van der Waals surface area contributed by atoms with Gasteiger partial charge in [0.2, 0.25) is 5.91 Å². The maximum atomic E-state index is 14.3. The summed E-state index contributed by atoms with van der Waals surface area (Å²) in [6.07, 6.45) is 7.13. The van der Waals surface area contributed by atoms with E-state index in [-0.39, 0.29) is 5.56 Å². The van der Waals surface area contributed by atoms with Crippen LogP contribution in [0.1, 0.15) is 53.7 Å². The van der Waals surface area contributed by atoms with E-state index in [0.717, 1.165) is 72.6 Å². The number of carbonyl (C=O) groups excluding carboxylic acids is 2. The lowest BCUT2D eigenvalue weighted by molar-refractivity contribution is -0.119. The highest BCUT2D eigenvalue weighted by Gasteiger charge is 2.35. The number of halogens is 1. The number of benzene rings is 3. The maximum absolute atomic E-state index is 14.3. The third-order valence-electron chi connectivity index (χ3n) is 6.91. The van der Waals surface area contributed by atoms with Crippen LogP contribution in [0.2, 0.25) is 0 Å². The maximum Gasteiger partial charge on any atom is 0.286 e. The number of rotatable bonds is 13. The Balaban J connectivity index is 1.14. The molecule has 1 saturated heterocycles. The highest BCUT2D eigenvalue weighted by Crippen LogP contribution is 2.37. The first-order chi connectivity index (χ1) is 19.5. The summed E-state index contributed by atoms with van der Waals surface area (Å²) in [6, 6.07) is 18.9. The zero-order valence-corrected chi connectivity index (χ0v) is 23.2. The molecule has 0 radical (unpaired) electrons. The summed E-state index contributed by atoms with van der Waals surface area (Å²) < 4.78 is 32.3. The fourth-order valence-electron chi connectivity index (χ4n) is 4.88. The lowest BCUT2D eigenvalue weighted by atomic mass is 10.0. The van der Waals surface area contributed by atoms with E-state index in [9.17, 15) is 14.0 Å². The van der Waals surface area contributed by atoms with Crippen molar-refractivity contribution in [3.8, 4) is 11.5 Å². The summed E-state index contributed by atoms with van der Waals surface area (Å²) in [6.45, 7) is 3.10. The van der Waals surface area contributed by atoms with Crippen LogP contribution in [0.3, 0.4) is 0 Å². The van der Waals surface area contributed by atoms with Crippen LogP contribution in [0.15, 0.2) is 71.3 Å². The van der Waals surface area contributed by atoms with E-state index in [1.54, 1.807) is 0 Å². The van der Waals surface area contributed by atoms with Crippen LogP contribution < -0.4 is 14.8 Å². The van der Waals surface area contributed by atoms with Crippen molar-refractivity contribution in [1.29, 1.82) is 0 Å². The Hall–Kier alpha value is -3.78. The molecule has 40 heavy (non-hydrogen) atoms. The van der Waals surface area contributed by atoms with Crippen LogP contribution in [0.25, 0.3) is 11.0 Å². The normalized spacial score (nSPS) is 15.0. The summed E-state index contributed by atoms with van der Waals surface area (Å²) in [5.74, 6) is 0.260. The molecule has 8 heteroatoms. The highest BCUT2D eigenvalue weighted by molar-refractivity contribution is 8.15. The van der Waals surface area contributed by atoms with Gasteiger partial charge >= 0.3 is 0 Å². The van der Waals surface area contributed by atoms with Crippen LogP contribution in [-0.2, 0) is 24.1 Å². The van der Waals surface area contributed by atoms with Crippen molar-refractivity contribution in [3.63, 3.8) is 0 Å². The molecular formula is C32H32FNO5S. The Labute approximate surface area is 237 Å². The number of imide groups is 1. The second kappa shape index (κ2) is 13.0. The van der Waals surface area contributed by atoms with Crippen LogP contribution in [0, 0.1) is 5.82 Å². The molecule has 1 fully saturated rings. The van der Waals surface area contributed by atoms with E-state index in [2.05, 4.69) is 42.6 Å². The van der Waals surface area contributed by atoms with Crippen LogP contribution in [-0.4, -0.2) is 24.4 Å². The molecule has 5 rings (SSSR count). The number of fused-ring (bicyclic) bond motifs is 1.